The maximum Gasteiger partial charge on any atom is 0.274 e. The van der Waals surface area contributed by atoms with E-state index in [1.807, 2.05) is 34.8 Å². The SMILES string of the molecule is COc1cccc(CNC2CCc3c(c(C(=O)N4CCc5ccccc5C4)nn3C)C2)c1. The van der Waals surface area contributed by atoms with Crippen LogP contribution in [-0.4, -0.2) is 40.3 Å². The van der Waals surface area contributed by atoms with Gasteiger partial charge >= 0.3 is 0 Å². The smallest absolute Gasteiger partial charge is 0.274 e. The maximum absolute atomic E-state index is 13.5. The minimum atomic E-state index is 0.0600. The molecule has 166 valence electrons. The highest BCUT2D eigenvalue weighted by Crippen LogP contribution is 2.27. The molecule has 1 aromatic heterocycles. The van der Waals surface area contributed by atoms with Crippen LogP contribution in [0.3, 0.4) is 0 Å². The molecule has 32 heavy (non-hydrogen) atoms. The van der Waals surface area contributed by atoms with E-state index in [-0.39, 0.29) is 5.91 Å². The van der Waals surface area contributed by atoms with Gasteiger partial charge in [0.25, 0.3) is 5.91 Å². The molecule has 6 nitrogen and oxygen atoms in total. The van der Waals surface area contributed by atoms with Crippen molar-refractivity contribution >= 4 is 5.91 Å². The predicted octanol–water partition coefficient (Wildman–Crippen LogP) is 3.27. The average molecular weight is 431 g/mol. The molecule has 1 unspecified atom stereocenters. The number of methoxy groups -OCH3 is 1. The van der Waals surface area contributed by atoms with Crippen LogP contribution in [0.15, 0.2) is 48.5 Å². The van der Waals surface area contributed by atoms with Crippen molar-refractivity contribution in [2.75, 3.05) is 13.7 Å². The number of fused-ring (bicyclic) bond motifs is 2. The van der Waals surface area contributed by atoms with E-state index < -0.39 is 0 Å². The molecule has 5 rings (SSSR count). The second-order valence-corrected chi connectivity index (χ2v) is 8.82. The Morgan fingerprint density at radius 3 is 2.84 bits per heavy atom. The van der Waals surface area contributed by atoms with Crippen molar-refractivity contribution in [3.8, 4) is 5.75 Å². The van der Waals surface area contributed by atoms with E-state index in [1.165, 1.54) is 22.4 Å². The minimum Gasteiger partial charge on any atom is -0.497 e. The van der Waals surface area contributed by atoms with E-state index in [0.717, 1.165) is 50.1 Å². The van der Waals surface area contributed by atoms with Crippen molar-refractivity contribution in [2.45, 2.75) is 44.8 Å². The summed E-state index contributed by atoms with van der Waals surface area (Å²) in [5.41, 5.74) is 6.74. The van der Waals surface area contributed by atoms with Crippen molar-refractivity contribution in [1.82, 2.24) is 20.0 Å². The largest absolute Gasteiger partial charge is 0.497 e. The maximum atomic E-state index is 13.5. The Balaban J connectivity index is 1.30. The second-order valence-electron chi connectivity index (χ2n) is 8.82. The molecule has 6 heteroatoms. The number of aryl methyl sites for hydroxylation is 1. The molecule has 3 aromatic rings. The number of aromatic nitrogens is 2. The third kappa shape index (κ3) is 4.02. The van der Waals surface area contributed by atoms with Crippen molar-refractivity contribution in [3.63, 3.8) is 0 Å². The number of hydrogen-bond acceptors (Lipinski definition) is 4. The van der Waals surface area contributed by atoms with Gasteiger partial charge in [-0.25, -0.2) is 0 Å². The number of carbonyl (C=O) groups is 1. The Bertz CT molecular complexity index is 1140. The van der Waals surface area contributed by atoms with Crippen LogP contribution in [0.25, 0.3) is 0 Å². The molecule has 2 aliphatic rings. The van der Waals surface area contributed by atoms with Gasteiger partial charge in [-0.05, 0) is 54.5 Å². The van der Waals surface area contributed by atoms with Gasteiger partial charge in [0.2, 0.25) is 0 Å². The first-order valence-electron chi connectivity index (χ1n) is 11.4. The molecule has 1 aliphatic heterocycles. The zero-order valence-corrected chi connectivity index (χ0v) is 18.8. The fraction of sp³-hybridized carbons (Fsp3) is 0.385. The lowest BCUT2D eigenvalue weighted by molar-refractivity contribution is 0.0726. The zero-order chi connectivity index (χ0) is 22.1. The number of carbonyl (C=O) groups excluding carboxylic acids is 1. The Morgan fingerprint density at radius 1 is 1.16 bits per heavy atom. The number of nitrogens with one attached hydrogen (secondary N) is 1. The summed E-state index contributed by atoms with van der Waals surface area (Å²) < 4.78 is 7.25. The van der Waals surface area contributed by atoms with Crippen molar-refractivity contribution in [1.29, 1.82) is 0 Å². The van der Waals surface area contributed by atoms with E-state index >= 15 is 0 Å². The highest BCUT2D eigenvalue weighted by atomic mass is 16.5. The van der Waals surface area contributed by atoms with Gasteiger partial charge in [-0.2, -0.15) is 5.10 Å². The van der Waals surface area contributed by atoms with Crippen LogP contribution in [0.4, 0.5) is 0 Å². The van der Waals surface area contributed by atoms with E-state index in [0.29, 0.717) is 18.3 Å². The summed E-state index contributed by atoms with van der Waals surface area (Å²) in [6, 6.07) is 16.9. The normalized spacial score (nSPS) is 17.6. The number of ether oxygens (including phenoxy) is 1. The van der Waals surface area contributed by atoms with E-state index in [2.05, 4.69) is 40.7 Å². The van der Waals surface area contributed by atoms with Gasteiger partial charge in [0.1, 0.15) is 5.75 Å². The van der Waals surface area contributed by atoms with Crippen LogP contribution < -0.4 is 10.1 Å². The van der Waals surface area contributed by atoms with Crippen molar-refractivity contribution < 1.29 is 9.53 Å². The van der Waals surface area contributed by atoms with E-state index in [9.17, 15) is 4.79 Å². The molecule has 1 N–H and O–H groups in total. The lowest BCUT2D eigenvalue weighted by Crippen LogP contribution is -2.38. The molecule has 0 saturated carbocycles. The Labute approximate surface area is 189 Å². The second kappa shape index (κ2) is 8.79. The summed E-state index contributed by atoms with van der Waals surface area (Å²) in [5, 5.41) is 8.36. The third-order valence-electron chi connectivity index (χ3n) is 6.80. The zero-order valence-electron chi connectivity index (χ0n) is 18.8. The van der Waals surface area contributed by atoms with Crippen LogP contribution in [0, 0.1) is 0 Å². The Kier molecular flexibility index (Phi) is 5.70. The van der Waals surface area contributed by atoms with Gasteiger partial charge < -0.3 is 15.0 Å². The average Bonchev–Trinajstić information content (AvgIpc) is 3.17. The highest BCUT2D eigenvalue weighted by molar-refractivity contribution is 5.94. The van der Waals surface area contributed by atoms with Gasteiger partial charge in [-0.15, -0.1) is 0 Å². The number of amides is 1. The highest BCUT2D eigenvalue weighted by Gasteiger charge is 2.31. The lowest BCUT2D eigenvalue weighted by Gasteiger charge is -2.29. The van der Waals surface area contributed by atoms with Crippen LogP contribution in [-0.2, 0) is 39.4 Å². The van der Waals surface area contributed by atoms with Crippen molar-refractivity contribution in [3.05, 3.63) is 82.2 Å². The summed E-state index contributed by atoms with van der Waals surface area (Å²) in [6.07, 6.45) is 3.71. The van der Waals surface area contributed by atoms with Gasteiger partial charge in [0.15, 0.2) is 5.69 Å². The molecule has 0 fully saturated rings. The number of nitrogens with zero attached hydrogens (tertiary/aromatic N) is 3. The molecular weight excluding hydrogens is 400 g/mol. The van der Waals surface area contributed by atoms with Gasteiger partial charge in [0.05, 0.1) is 7.11 Å². The molecule has 2 heterocycles. The summed E-state index contributed by atoms with van der Waals surface area (Å²) in [4.78, 5) is 15.4. The summed E-state index contributed by atoms with van der Waals surface area (Å²) in [5.74, 6) is 0.934. The fourth-order valence-electron chi connectivity index (χ4n) is 5.00. The van der Waals surface area contributed by atoms with Crippen LogP contribution in [0.2, 0.25) is 0 Å². The molecule has 0 radical (unpaired) electrons. The first kappa shape index (κ1) is 20.8. The molecule has 0 saturated heterocycles. The summed E-state index contributed by atoms with van der Waals surface area (Å²) in [6.45, 7) is 2.19. The standard InChI is InChI=1S/C26H30N4O2/c1-29-24-11-10-21(27-16-18-6-5-9-22(14-18)32-2)15-23(24)25(28-29)26(31)30-13-12-19-7-3-4-8-20(19)17-30/h3-9,14,21,27H,10-13,15-17H2,1-2H3. The van der Waals surface area contributed by atoms with E-state index in [1.54, 1.807) is 7.11 Å². The number of rotatable bonds is 5. The number of hydrogen-bond donors (Lipinski definition) is 1. The van der Waals surface area contributed by atoms with Crippen LogP contribution >= 0.6 is 0 Å². The van der Waals surface area contributed by atoms with E-state index in [4.69, 9.17) is 4.74 Å². The lowest BCUT2D eigenvalue weighted by atomic mass is 9.90. The minimum absolute atomic E-state index is 0.0600. The van der Waals surface area contributed by atoms with Crippen LogP contribution in [0.5, 0.6) is 5.75 Å². The van der Waals surface area contributed by atoms with Gasteiger partial charge in [-0.3, -0.25) is 9.48 Å². The van der Waals surface area contributed by atoms with Gasteiger partial charge in [0, 0.05) is 44.0 Å². The first-order valence-corrected chi connectivity index (χ1v) is 11.4. The molecule has 0 bridgehead atoms. The fourth-order valence-corrected chi connectivity index (χ4v) is 5.00. The first-order chi connectivity index (χ1) is 15.6. The molecule has 1 aliphatic carbocycles. The molecule has 1 amide bonds. The third-order valence-corrected chi connectivity index (χ3v) is 6.80. The van der Waals surface area contributed by atoms with Crippen molar-refractivity contribution in [2.24, 2.45) is 7.05 Å². The molecular formula is C26H30N4O2. The predicted molar refractivity (Wildman–Crippen MR) is 124 cm³/mol. The molecule has 0 spiro atoms. The topological polar surface area (TPSA) is 59.4 Å². The summed E-state index contributed by atoms with van der Waals surface area (Å²) >= 11 is 0. The Morgan fingerprint density at radius 2 is 2.00 bits per heavy atom. The van der Waals surface area contributed by atoms with Crippen LogP contribution in [0.1, 0.15) is 44.9 Å². The van der Waals surface area contributed by atoms with Gasteiger partial charge in [-0.1, -0.05) is 36.4 Å². The molecule has 2 aromatic carbocycles. The monoisotopic (exact) mass is 430 g/mol. The summed E-state index contributed by atoms with van der Waals surface area (Å²) in [7, 11) is 3.65. The number of benzene rings is 2. The Hall–Kier alpha value is -3.12. The quantitative estimate of drug-likeness (QED) is 0.675. The molecule has 1 atom stereocenters.